The molecule has 0 radical (unpaired) electrons. The SMILES string of the molecule is Nc1cc(Cl)c(NC2CCCOC2)c(C(=O)O)c1. The number of anilines is 2. The second-order valence-corrected chi connectivity index (χ2v) is 4.70. The summed E-state index contributed by atoms with van der Waals surface area (Å²) in [4.78, 5) is 11.2. The van der Waals surface area contributed by atoms with Crippen molar-refractivity contribution in [3.63, 3.8) is 0 Å². The number of nitrogens with one attached hydrogen (secondary N) is 1. The molecule has 18 heavy (non-hydrogen) atoms. The minimum atomic E-state index is -1.05. The number of rotatable bonds is 3. The maximum absolute atomic E-state index is 11.2. The van der Waals surface area contributed by atoms with Crippen molar-refractivity contribution in [2.45, 2.75) is 18.9 Å². The second-order valence-electron chi connectivity index (χ2n) is 4.29. The van der Waals surface area contributed by atoms with Crippen molar-refractivity contribution in [1.82, 2.24) is 0 Å². The fraction of sp³-hybridized carbons (Fsp3) is 0.417. The lowest BCUT2D eigenvalue weighted by molar-refractivity contribution is 0.0696. The van der Waals surface area contributed by atoms with Gasteiger partial charge in [-0.1, -0.05) is 11.6 Å². The third-order valence-electron chi connectivity index (χ3n) is 2.85. The molecule has 6 heteroatoms. The number of benzene rings is 1. The summed E-state index contributed by atoms with van der Waals surface area (Å²) in [7, 11) is 0. The molecule has 0 aromatic heterocycles. The first kappa shape index (κ1) is 13.0. The molecular formula is C12H15ClN2O3. The summed E-state index contributed by atoms with van der Waals surface area (Å²) in [5, 5.41) is 12.6. The molecule has 1 saturated heterocycles. The van der Waals surface area contributed by atoms with E-state index in [-0.39, 0.29) is 11.6 Å². The molecule has 2 rings (SSSR count). The molecule has 0 saturated carbocycles. The van der Waals surface area contributed by atoms with Crippen molar-refractivity contribution in [3.8, 4) is 0 Å². The molecule has 5 nitrogen and oxygen atoms in total. The summed E-state index contributed by atoms with van der Waals surface area (Å²) in [5.41, 5.74) is 6.43. The minimum Gasteiger partial charge on any atom is -0.478 e. The van der Waals surface area contributed by atoms with E-state index in [2.05, 4.69) is 5.32 Å². The van der Waals surface area contributed by atoms with Gasteiger partial charge in [0.1, 0.15) is 0 Å². The van der Waals surface area contributed by atoms with Gasteiger partial charge in [-0.05, 0) is 25.0 Å². The summed E-state index contributed by atoms with van der Waals surface area (Å²) < 4.78 is 5.34. The number of nitrogen functional groups attached to an aromatic ring is 1. The number of nitrogens with two attached hydrogens (primary N) is 1. The van der Waals surface area contributed by atoms with Gasteiger partial charge in [0, 0.05) is 18.3 Å². The monoisotopic (exact) mass is 270 g/mol. The fourth-order valence-electron chi connectivity index (χ4n) is 2.00. The number of carboxylic acid groups (broad SMARTS) is 1. The van der Waals surface area contributed by atoms with Crippen LogP contribution >= 0.6 is 11.6 Å². The topological polar surface area (TPSA) is 84.6 Å². The molecule has 1 aromatic carbocycles. The van der Waals surface area contributed by atoms with E-state index < -0.39 is 5.97 Å². The van der Waals surface area contributed by atoms with Crippen LogP contribution in [0.4, 0.5) is 11.4 Å². The van der Waals surface area contributed by atoms with Gasteiger partial charge in [-0.15, -0.1) is 0 Å². The van der Waals surface area contributed by atoms with E-state index in [1.54, 1.807) is 6.07 Å². The van der Waals surface area contributed by atoms with Crippen molar-refractivity contribution in [2.75, 3.05) is 24.3 Å². The highest BCUT2D eigenvalue weighted by molar-refractivity contribution is 6.34. The molecule has 4 N–H and O–H groups in total. The van der Waals surface area contributed by atoms with E-state index in [0.717, 1.165) is 19.4 Å². The molecule has 0 aliphatic carbocycles. The Morgan fingerprint density at radius 2 is 2.33 bits per heavy atom. The maximum Gasteiger partial charge on any atom is 0.337 e. The van der Waals surface area contributed by atoms with Crippen molar-refractivity contribution in [2.24, 2.45) is 0 Å². The third kappa shape index (κ3) is 2.86. The van der Waals surface area contributed by atoms with E-state index >= 15 is 0 Å². The standard InChI is InChI=1S/C12H15ClN2O3/c13-10-5-7(14)4-9(12(16)17)11(10)15-8-2-1-3-18-6-8/h4-5,8,15H,1-3,6,14H2,(H,16,17). The maximum atomic E-state index is 11.2. The molecule has 0 amide bonds. The van der Waals surface area contributed by atoms with Gasteiger partial charge in [0.25, 0.3) is 0 Å². The normalized spacial score (nSPS) is 19.5. The van der Waals surface area contributed by atoms with Crippen LogP contribution in [-0.4, -0.2) is 30.3 Å². The molecule has 1 aliphatic rings. The first-order valence-corrected chi connectivity index (χ1v) is 6.12. The summed E-state index contributed by atoms with van der Waals surface area (Å²) in [6, 6.07) is 3.03. The number of carboxylic acids is 1. The molecule has 1 aromatic rings. The molecule has 1 heterocycles. The lowest BCUT2D eigenvalue weighted by atomic mass is 10.1. The average molecular weight is 271 g/mol. The van der Waals surface area contributed by atoms with Crippen molar-refractivity contribution >= 4 is 28.9 Å². The van der Waals surface area contributed by atoms with Crippen LogP contribution in [0.15, 0.2) is 12.1 Å². The van der Waals surface area contributed by atoms with Crippen molar-refractivity contribution < 1.29 is 14.6 Å². The lowest BCUT2D eigenvalue weighted by Gasteiger charge is -2.25. The predicted octanol–water partition coefficient (Wildman–Crippen LogP) is 2.21. The van der Waals surface area contributed by atoms with E-state index in [9.17, 15) is 4.79 Å². The van der Waals surface area contributed by atoms with Gasteiger partial charge in [0.2, 0.25) is 0 Å². The second kappa shape index (κ2) is 5.46. The number of hydrogen-bond acceptors (Lipinski definition) is 4. The zero-order valence-corrected chi connectivity index (χ0v) is 10.5. The molecule has 1 fully saturated rings. The van der Waals surface area contributed by atoms with Crippen LogP contribution < -0.4 is 11.1 Å². The highest BCUT2D eigenvalue weighted by Gasteiger charge is 2.20. The van der Waals surface area contributed by atoms with Gasteiger partial charge in [-0.3, -0.25) is 0 Å². The summed E-state index contributed by atoms with van der Waals surface area (Å²) in [6.45, 7) is 1.30. The van der Waals surface area contributed by atoms with Crippen molar-refractivity contribution in [1.29, 1.82) is 0 Å². The highest BCUT2D eigenvalue weighted by atomic mass is 35.5. The van der Waals surface area contributed by atoms with Crippen LogP contribution in [0.25, 0.3) is 0 Å². The average Bonchev–Trinajstić information content (AvgIpc) is 2.33. The minimum absolute atomic E-state index is 0.0815. The Kier molecular flexibility index (Phi) is 3.93. The number of carbonyl (C=O) groups is 1. The fourth-order valence-corrected chi connectivity index (χ4v) is 2.28. The number of hydrogen-bond donors (Lipinski definition) is 3. The molecule has 0 spiro atoms. The van der Waals surface area contributed by atoms with Crippen LogP contribution in [0.1, 0.15) is 23.2 Å². The number of aromatic carboxylic acids is 1. The van der Waals surface area contributed by atoms with Gasteiger partial charge in [-0.2, -0.15) is 0 Å². The predicted molar refractivity (Wildman–Crippen MR) is 70.3 cm³/mol. The van der Waals surface area contributed by atoms with Crippen LogP contribution in [0.5, 0.6) is 0 Å². The smallest absolute Gasteiger partial charge is 0.337 e. The molecule has 0 bridgehead atoms. The first-order chi connectivity index (χ1) is 8.58. The number of ether oxygens (including phenoxy) is 1. The van der Waals surface area contributed by atoms with Gasteiger partial charge >= 0.3 is 5.97 Å². The molecule has 1 unspecified atom stereocenters. The Morgan fingerprint density at radius 3 is 2.94 bits per heavy atom. The van der Waals surface area contributed by atoms with E-state index in [1.807, 2.05) is 0 Å². The molecule has 1 aliphatic heterocycles. The molecule has 98 valence electrons. The summed E-state index contributed by atoms with van der Waals surface area (Å²) >= 11 is 6.05. The number of halogens is 1. The van der Waals surface area contributed by atoms with Crippen molar-refractivity contribution in [3.05, 3.63) is 22.7 Å². The van der Waals surface area contributed by atoms with Crippen LogP contribution in [0.2, 0.25) is 5.02 Å². The Labute approximate surface area is 110 Å². The van der Waals surface area contributed by atoms with Crippen LogP contribution in [-0.2, 0) is 4.74 Å². The Balaban J connectivity index is 2.27. The molecule has 1 atom stereocenters. The van der Waals surface area contributed by atoms with Gasteiger partial charge in [0.15, 0.2) is 0 Å². The summed E-state index contributed by atoms with van der Waals surface area (Å²) in [5.74, 6) is -1.05. The Hall–Kier alpha value is -1.46. The highest BCUT2D eigenvalue weighted by Crippen LogP contribution is 2.30. The third-order valence-corrected chi connectivity index (χ3v) is 3.15. The van der Waals surface area contributed by atoms with Gasteiger partial charge in [0.05, 0.1) is 22.9 Å². The van der Waals surface area contributed by atoms with Crippen LogP contribution in [0, 0.1) is 0 Å². The lowest BCUT2D eigenvalue weighted by Crippen LogP contribution is -2.30. The van der Waals surface area contributed by atoms with E-state index in [0.29, 0.717) is 23.0 Å². The van der Waals surface area contributed by atoms with E-state index in [1.165, 1.54) is 6.07 Å². The Morgan fingerprint density at radius 1 is 1.56 bits per heavy atom. The van der Waals surface area contributed by atoms with Crippen LogP contribution in [0.3, 0.4) is 0 Å². The van der Waals surface area contributed by atoms with E-state index in [4.69, 9.17) is 27.2 Å². The zero-order valence-electron chi connectivity index (χ0n) is 9.78. The van der Waals surface area contributed by atoms with Gasteiger partial charge in [-0.25, -0.2) is 4.79 Å². The first-order valence-electron chi connectivity index (χ1n) is 5.74. The quantitative estimate of drug-likeness (QED) is 0.734. The zero-order chi connectivity index (χ0) is 13.1. The summed E-state index contributed by atoms with van der Waals surface area (Å²) in [6.07, 6.45) is 1.88. The van der Waals surface area contributed by atoms with Gasteiger partial charge < -0.3 is 20.9 Å². The molecular weight excluding hydrogens is 256 g/mol. The largest absolute Gasteiger partial charge is 0.478 e. The Bertz CT molecular complexity index is 459.